The van der Waals surface area contributed by atoms with Crippen molar-refractivity contribution in [1.82, 2.24) is 25.5 Å². The SMILES string of the molecule is C#CCNC(=O)[C@@H](NC(=O)NCc1cn2c(n1)SCC2)[C@@H](C)O. The number of nitrogens with one attached hydrogen (secondary N) is 3. The van der Waals surface area contributed by atoms with Crippen molar-refractivity contribution in [2.45, 2.75) is 37.3 Å². The lowest BCUT2D eigenvalue weighted by molar-refractivity contribution is -0.124. The molecule has 1 aliphatic rings. The molecule has 0 spiro atoms. The molecule has 2 rings (SSSR count). The molecule has 0 bridgehead atoms. The van der Waals surface area contributed by atoms with Crippen molar-refractivity contribution < 1.29 is 14.7 Å². The first kappa shape index (κ1) is 17.2. The highest BCUT2D eigenvalue weighted by molar-refractivity contribution is 7.99. The number of terminal acetylenes is 1. The minimum Gasteiger partial charge on any atom is -0.391 e. The normalized spacial score (nSPS) is 15.2. The van der Waals surface area contributed by atoms with Gasteiger partial charge in [-0.15, -0.1) is 6.42 Å². The van der Waals surface area contributed by atoms with Crippen LogP contribution in [0.15, 0.2) is 11.4 Å². The number of carbonyl (C=O) groups is 2. The standard InChI is InChI=1S/C14H19N5O3S/c1-3-4-15-12(21)11(9(2)20)18-13(22)16-7-10-8-19-5-6-23-14(19)17-10/h1,8-9,11,20H,4-7H2,2H3,(H,15,21)(H2,16,18,22)/t9-,11+/m1/s1. The fourth-order valence-electron chi connectivity index (χ4n) is 2.06. The first-order chi connectivity index (χ1) is 11.0. The molecule has 0 aliphatic carbocycles. The summed E-state index contributed by atoms with van der Waals surface area (Å²) in [6, 6.07) is -1.64. The van der Waals surface area contributed by atoms with Crippen LogP contribution in [0.1, 0.15) is 12.6 Å². The molecule has 1 aromatic heterocycles. The summed E-state index contributed by atoms with van der Waals surface area (Å²) in [7, 11) is 0. The second kappa shape index (κ2) is 7.89. The fourth-order valence-corrected chi connectivity index (χ4v) is 3.03. The lowest BCUT2D eigenvalue weighted by atomic mass is 10.1. The number of amides is 3. The van der Waals surface area contributed by atoms with Gasteiger partial charge in [-0.2, -0.15) is 0 Å². The molecule has 4 N–H and O–H groups in total. The van der Waals surface area contributed by atoms with E-state index in [0.29, 0.717) is 0 Å². The van der Waals surface area contributed by atoms with Gasteiger partial charge in [0.05, 0.1) is 24.9 Å². The van der Waals surface area contributed by atoms with Crippen LogP contribution in [0.2, 0.25) is 0 Å². The number of fused-ring (bicyclic) bond motifs is 1. The van der Waals surface area contributed by atoms with E-state index in [1.807, 2.05) is 10.8 Å². The number of nitrogens with zero attached hydrogens (tertiary/aromatic N) is 2. The molecule has 0 saturated heterocycles. The molecular weight excluding hydrogens is 318 g/mol. The lowest BCUT2D eigenvalue weighted by Crippen LogP contribution is -2.54. The summed E-state index contributed by atoms with van der Waals surface area (Å²) < 4.78 is 2.03. The number of aliphatic hydroxyl groups excluding tert-OH is 1. The predicted molar refractivity (Wildman–Crippen MR) is 85.6 cm³/mol. The van der Waals surface area contributed by atoms with Gasteiger partial charge in [0.25, 0.3) is 0 Å². The summed E-state index contributed by atoms with van der Waals surface area (Å²) in [5.74, 6) is 2.73. The van der Waals surface area contributed by atoms with Gasteiger partial charge in [0.2, 0.25) is 5.91 Å². The Morgan fingerprint density at radius 3 is 3.00 bits per heavy atom. The largest absolute Gasteiger partial charge is 0.391 e. The van der Waals surface area contributed by atoms with E-state index in [9.17, 15) is 14.7 Å². The van der Waals surface area contributed by atoms with Gasteiger partial charge in [0, 0.05) is 18.5 Å². The van der Waals surface area contributed by atoms with Gasteiger partial charge in [-0.25, -0.2) is 9.78 Å². The van der Waals surface area contributed by atoms with Crippen LogP contribution >= 0.6 is 11.8 Å². The first-order valence-electron chi connectivity index (χ1n) is 7.13. The number of hydrogen-bond donors (Lipinski definition) is 4. The van der Waals surface area contributed by atoms with Crippen molar-refractivity contribution in [3.05, 3.63) is 11.9 Å². The zero-order chi connectivity index (χ0) is 16.8. The number of aryl methyl sites for hydroxylation is 1. The second-order valence-electron chi connectivity index (χ2n) is 5.02. The lowest BCUT2D eigenvalue weighted by Gasteiger charge is -2.20. The number of aliphatic hydroxyl groups is 1. The Balaban J connectivity index is 1.83. The van der Waals surface area contributed by atoms with Gasteiger partial charge in [0.1, 0.15) is 6.04 Å². The molecule has 0 unspecified atom stereocenters. The van der Waals surface area contributed by atoms with Crippen LogP contribution < -0.4 is 16.0 Å². The van der Waals surface area contributed by atoms with E-state index in [2.05, 4.69) is 26.9 Å². The van der Waals surface area contributed by atoms with Gasteiger partial charge in [-0.1, -0.05) is 17.7 Å². The maximum atomic E-state index is 11.9. The Morgan fingerprint density at radius 1 is 1.57 bits per heavy atom. The third-order valence-electron chi connectivity index (χ3n) is 3.20. The van der Waals surface area contributed by atoms with Crippen LogP contribution in [0, 0.1) is 12.3 Å². The molecule has 0 saturated carbocycles. The monoisotopic (exact) mass is 337 g/mol. The van der Waals surface area contributed by atoms with E-state index in [4.69, 9.17) is 6.42 Å². The Hall–Kier alpha value is -2.18. The summed E-state index contributed by atoms with van der Waals surface area (Å²) in [5.41, 5.74) is 0.743. The van der Waals surface area contributed by atoms with Crippen LogP contribution in [0.25, 0.3) is 0 Å². The third-order valence-corrected chi connectivity index (χ3v) is 4.17. The number of imidazole rings is 1. The molecule has 2 heterocycles. The minimum atomic E-state index is -1.08. The van der Waals surface area contributed by atoms with Crippen LogP contribution in [-0.2, 0) is 17.9 Å². The van der Waals surface area contributed by atoms with Crippen molar-refractivity contribution in [3.63, 3.8) is 0 Å². The molecule has 0 aromatic carbocycles. The molecule has 8 nitrogen and oxygen atoms in total. The number of rotatable bonds is 6. The summed E-state index contributed by atoms with van der Waals surface area (Å²) in [6.07, 6.45) is 5.90. The maximum Gasteiger partial charge on any atom is 0.315 e. The van der Waals surface area contributed by atoms with Crippen molar-refractivity contribution in [2.24, 2.45) is 0 Å². The van der Waals surface area contributed by atoms with Gasteiger partial charge >= 0.3 is 6.03 Å². The highest BCUT2D eigenvalue weighted by atomic mass is 32.2. The molecular formula is C14H19N5O3S. The second-order valence-corrected chi connectivity index (χ2v) is 6.09. The number of aromatic nitrogens is 2. The molecule has 0 fully saturated rings. The molecule has 9 heteroatoms. The molecule has 1 aliphatic heterocycles. The third kappa shape index (κ3) is 4.64. The van der Waals surface area contributed by atoms with E-state index in [1.54, 1.807) is 11.8 Å². The molecule has 124 valence electrons. The van der Waals surface area contributed by atoms with Gasteiger partial charge < -0.3 is 25.6 Å². The Labute approximate surface area is 138 Å². The fraction of sp³-hybridized carbons (Fsp3) is 0.500. The van der Waals surface area contributed by atoms with Crippen molar-refractivity contribution in [2.75, 3.05) is 12.3 Å². The zero-order valence-corrected chi connectivity index (χ0v) is 13.5. The summed E-state index contributed by atoms with van der Waals surface area (Å²) in [4.78, 5) is 28.1. The van der Waals surface area contributed by atoms with Crippen molar-refractivity contribution in [3.8, 4) is 12.3 Å². The molecule has 2 atom stereocenters. The number of hydrogen-bond acceptors (Lipinski definition) is 5. The van der Waals surface area contributed by atoms with Gasteiger partial charge in [-0.3, -0.25) is 4.79 Å². The van der Waals surface area contributed by atoms with E-state index < -0.39 is 24.1 Å². The smallest absolute Gasteiger partial charge is 0.315 e. The average molecular weight is 337 g/mol. The summed E-state index contributed by atoms with van der Waals surface area (Å²) >= 11 is 1.67. The van der Waals surface area contributed by atoms with Gasteiger partial charge in [0.15, 0.2) is 5.16 Å². The number of thioether (sulfide) groups is 1. The topological polar surface area (TPSA) is 108 Å². The molecule has 23 heavy (non-hydrogen) atoms. The average Bonchev–Trinajstić information content (AvgIpc) is 3.09. The number of urea groups is 1. The molecule has 0 radical (unpaired) electrons. The van der Waals surface area contributed by atoms with Gasteiger partial charge in [-0.05, 0) is 6.92 Å². The summed E-state index contributed by atoms with van der Waals surface area (Å²) in [6.45, 7) is 2.60. The number of carbonyl (C=O) groups excluding carboxylic acids is 2. The summed E-state index contributed by atoms with van der Waals surface area (Å²) in [5, 5.41) is 18.0. The maximum absolute atomic E-state index is 11.9. The van der Waals surface area contributed by atoms with Crippen LogP contribution in [0.4, 0.5) is 4.79 Å². The van der Waals surface area contributed by atoms with Crippen LogP contribution in [-0.4, -0.2) is 51.0 Å². The molecule has 1 aromatic rings. The van der Waals surface area contributed by atoms with Crippen molar-refractivity contribution in [1.29, 1.82) is 0 Å². The van der Waals surface area contributed by atoms with E-state index >= 15 is 0 Å². The minimum absolute atomic E-state index is 0.0310. The quantitative estimate of drug-likeness (QED) is 0.513. The Kier molecular flexibility index (Phi) is 5.90. The van der Waals surface area contributed by atoms with Crippen molar-refractivity contribution >= 4 is 23.7 Å². The van der Waals surface area contributed by atoms with Crippen LogP contribution in [0.5, 0.6) is 0 Å². The predicted octanol–water partition coefficient (Wildman–Crippen LogP) is -0.713. The highest BCUT2D eigenvalue weighted by Crippen LogP contribution is 2.24. The zero-order valence-electron chi connectivity index (χ0n) is 12.7. The highest BCUT2D eigenvalue weighted by Gasteiger charge is 2.25. The van der Waals surface area contributed by atoms with E-state index in [-0.39, 0.29) is 13.1 Å². The molecule has 3 amide bonds. The Bertz CT molecular complexity index is 601. The van der Waals surface area contributed by atoms with Crippen LogP contribution in [0.3, 0.4) is 0 Å². The van der Waals surface area contributed by atoms with E-state index in [1.165, 1.54) is 6.92 Å². The first-order valence-corrected chi connectivity index (χ1v) is 8.12. The Morgan fingerprint density at radius 2 is 2.35 bits per heavy atom. The van der Waals surface area contributed by atoms with E-state index in [0.717, 1.165) is 23.1 Å².